The van der Waals surface area contributed by atoms with Gasteiger partial charge in [-0.1, -0.05) is 6.92 Å². The van der Waals surface area contributed by atoms with E-state index < -0.39 is 5.97 Å². The Morgan fingerprint density at radius 3 is 2.54 bits per heavy atom. The number of aliphatic carboxylic acids is 1. The van der Waals surface area contributed by atoms with Gasteiger partial charge in [-0.15, -0.1) is 0 Å². The molecular formula is C18H32N2O4. The van der Waals surface area contributed by atoms with Crippen LogP contribution in [-0.4, -0.2) is 42.9 Å². The number of hydrogen-bond donors (Lipinski definition) is 3. The topological polar surface area (TPSA) is 95.5 Å². The minimum Gasteiger partial charge on any atom is -0.481 e. The summed E-state index contributed by atoms with van der Waals surface area (Å²) in [5.74, 6) is 0.606. The average molecular weight is 340 g/mol. The van der Waals surface area contributed by atoms with Crippen molar-refractivity contribution in [2.45, 2.75) is 58.3 Å². The Morgan fingerprint density at radius 1 is 1.25 bits per heavy atom. The summed E-state index contributed by atoms with van der Waals surface area (Å²) in [7, 11) is 0. The molecule has 24 heavy (non-hydrogen) atoms. The van der Waals surface area contributed by atoms with Crippen LogP contribution in [0.4, 0.5) is 0 Å². The quantitative estimate of drug-likeness (QED) is 0.616. The molecule has 2 fully saturated rings. The van der Waals surface area contributed by atoms with Crippen molar-refractivity contribution >= 4 is 18.2 Å². The largest absolute Gasteiger partial charge is 0.481 e. The summed E-state index contributed by atoms with van der Waals surface area (Å²) in [5, 5.41) is 14.5. The molecule has 2 aliphatic rings. The second-order valence-electron chi connectivity index (χ2n) is 7.01. The molecule has 0 bridgehead atoms. The molecule has 0 aliphatic carbocycles. The van der Waals surface area contributed by atoms with Gasteiger partial charge in [-0.25, -0.2) is 0 Å². The molecule has 2 saturated heterocycles. The Bertz CT molecular complexity index is 394. The number of carboxylic acid groups (broad SMARTS) is 1. The van der Waals surface area contributed by atoms with E-state index in [2.05, 4.69) is 10.6 Å². The molecule has 0 spiro atoms. The molecule has 0 saturated carbocycles. The third-order valence-corrected chi connectivity index (χ3v) is 4.80. The third-order valence-electron chi connectivity index (χ3n) is 4.80. The first-order valence-corrected chi connectivity index (χ1v) is 9.16. The van der Waals surface area contributed by atoms with E-state index in [4.69, 9.17) is 5.11 Å². The van der Waals surface area contributed by atoms with E-state index in [0.717, 1.165) is 31.6 Å². The van der Waals surface area contributed by atoms with E-state index in [1.807, 2.05) is 0 Å². The van der Waals surface area contributed by atoms with Crippen LogP contribution in [0.1, 0.15) is 58.3 Å². The maximum absolute atomic E-state index is 11.5. The van der Waals surface area contributed by atoms with Crippen molar-refractivity contribution in [3.05, 3.63) is 0 Å². The van der Waals surface area contributed by atoms with Crippen molar-refractivity contribution < 1.29 is 19.5 Å². The van der Waals surface area contributed by atoms with Gasteiger partial charge in [-0.2, -0.15) is 0 Å². The van der Waals surface area contributed by atoms with Crippen molar-refractivity contribution in [3.63, 3.8) is 0 Å². The maximum atomic E-state index is 11.5. The lowest BCUT2D eigenvalue weighted by Crippen LogP contribution is -2.37. The predicted molar refractivity (Wildman–Crippen MR) is 92.7 cm³/mol. The molecule has 6 nitrogen and oxygen atoms in total. The fourth-order valence-electron chi connectivity index (χ4n) is 3.26. The molecule has 0 aromatic rings. The van der Waals surface area contributed by atoms with Gasteiger partial charge in [-0.3, -0.25) is 9.59 Å². The standard InChI is InChI=1S/C12H22N2O.C6H10O3/c15-12-11(2-1-7-14-12)4-3-10-5-8-13-9-6-10;1-5(2-3-7)4-6(8)9/h10-11,13H,1-9H2,(H,14,15);3,5H,2,4H2,1H3,(H,8,9)/t11-;5-/m01/s1. The number of carboxylic acids is 1. The highest BCUT2D eigenvalue weighted by atomic mass is 16.4. The first kappa shape index (κ1) is 20.6. The molecule has 6 heteroatoms. The first-order valence-electron chi connectivity index (χ1n) is 9.16. The van der Waals surface area contributed by atoms with Crippen molar-refractivity contribution in [2.24, 2.45) is 17.8 Å². The number of rotatable bonds is 7. The lowest BCUT2D eigenvalue weighted by atomic mass is 9.86. The Morgan fingerprint density at radius 2 is 1.96 bits per heavy atom. The van der Waals surface area contributed by atoms with Gasteiger partial charge in [0.15, 0.2) is 0 Å². The van der Waals surface area contributed by atoms with Gasteiger partial charge in [0.2, 0.25) is 5.91 Å². The summed E-state index contributed by atoms with van der Waals surface area (Å²) < 4.78 is 0. The zero-order valence-electron chi connectivity index (χ0n) is 14.8. The molecule has 3 N–H and O–H groups in total. The number of hydrogen-bond acceptors (Lipinski definition) is 4. The normalized spacial score (nSPS) is 22.7. The summed E-state index contributed by atoms with van der Waals surface area (Å²) in [4.78, 5) is 31.3. The van der Waals surface area contributed by atoms with Gasteiger partial charge in [0.05, 0.1) is 0 Å². The maximum Gasteiger partial charge on any atom is 0.303 e. The van der Waals surface area contributed by atoms with Crippen LogP contribution >= 0.6 is 0 Å². The Hall–Kier alpha value is -1.43. The van der Waals surface area contributed by atoms with Gasteiger partial charge in [-0.05, 0) is 63.5 Å². The van der Waals surface area contributed by atoms with E-state index in [1.54, 1.807) is 6.92 Å². The van der Waals surface area contributed by atoms with Crippen LogP contribution in [0.15, 0.2) is 0 Å². The summed E-state index contributed by atoms with van der Waals surface area (Å²) in [6.45, 7) is 4.97. The number of piperidine rings is 2. The molecule has 138 valence electrons. The van der Waals surface area contributed by atoms with E-state index in [0.29, 0.717) is 18.2 Å². The van der Waals surface area contributed by atoms with Crippen LogP contribution in [0.5, 0.6) is 0 Å². The highest BCUT2D eigenvalue weighted by Crippen LogP contribution is 2.24. The van der Waals surface area contributed by atoms with Crippen LogP contribution in [-0.2, 0) is 14.4 Å². The highest BCUT2D eigenvalue weighted by Gasteiger charge is 2.23. The third kappa shape index (κ3) is 9.01. The molecule has 2 heterocycles. The van der Waals surface area contributed by atoms with Crippen LogP contribution in [0.2, 0.25) is 0 Å². The number of amides is 1. The van der Waals surface area contributed by atoms with Crippen molar-refractivity contribution in [2.75, 3.05) is 19.6 Å². The second-order valence-corrected chi connectivity index (χ2v) is 7.01. The molecule has 0 radical (unpaired) electrons. The molecular weight excluding hydrogens is 308 g/mol. The average Bonchev–Trinajstić information content (AvgIpc) is 2.55. The van der Waals surface area contributed by atoms with Gasteiger partial charge in [0, 0.05) is 25.3 Å². The highest BCUT2D eigenvalue weighted by molar-refractivity contribution is 5.79. The zero-order valence-corrected chi connectivity index (χ0v) is 14.8. The number of aldehydes is 1. The smallest absolute Gasteiger partial charge is 0.303 e. The fraction of sp³-hybridized carbons (Fsp3) is 0.833. The van der Waals surface area contributed by atoms with Crippen molar-refractivity contribution in [3.8, 4) is 0 Å². The first-order chi connectivity index (χ1) is 11.5. The lowest BCUT2D eigenvalue weighted by Gasteiger charge is -2.26. The second kappa shape index (κ2) is 12.0. The SMILES string of the molecule is C[C@H](CC=O)CC(=O)O.O=C1NCCC[C@H]1CCC1CCNCC1. The molecule has 0 unspecified atom stereocenters. The molecule has 0 aromatic carbocycles. The molecule has 2 rings (SSSR count). The Balaban J connectivity index is 0.000000277. The van der Waals surface area contributed by atoms with Crippen molar-refractivity contribution in [1.82, 2.24) is 10.6 Å². The van der Waals surface area contributed by atoms with E-state index in [9.17, 15) is 14.4 Å². The minimum absolute atomic E-state index is 0.0278. The summed E-state index contributed by atoms with van der Waals surface area (Å²) in [5.41, 5.74) is 0. The Labute approximate surface area is 144 Å². The van der Waals surface area contributed by atoms with E-state index in [-0.39, 0.29) is 12.3 Å². The zero-order chi connectivity index (χ0) is 17.8. The molecule has 2 aliphatic heterocycles. The van der Waals surface area contributed by atoms with Gasteiger partial charge in [0.1, 0.15) is 6.29 Å². The monoisotopic (exact) mass is 340 g/mol. The van der Waals surface area contributed by atoms with Crippen LogP contribution < -0.4 is 10.6 Å². The molecule has 2 atom stereocenters. The van der Waals surface area contributed by atoms with Gasteiger partial charge >= 0.3 is 5.97 Å². The summed E-state index contributed by atoms with van der Waals surface area (Å²) in [6.07, 6.45) is 8.40. The molecule has 0 aromatic heterocycles. The minimum atomic E-state index is -0.843. The van der Waals surface area contributed by atoms with Crippen molar-refractivity contribution in [1.29, 1.82) is 0 Å². The van der Waals surface area contributed by atoms with E-state index >= 15 is 0 Å². The summed E-state index contributed by atoms with van der Waals surface area (Å²) >= 11 is 0. The van der Waals surface area contributed by atoms with Gasteiger partial charge < -0.3 is 20.5 Å². The lowest BCUT2D eigenvalue weighted by molar-refractivity contribution is -0.138. The van der Waals surface area contributed by atoms with Crippen LogP contribution in [0.3, 0.4) is 0 Å². The number of carbonyl (C=O) groups is 3. The van der Waals surface area contributed by atoms with Gasteiger partial charge in [0.25, 0.3) is 0 Å². The van der Waals surface area contributed by atoms with Crippen LogP contribution in [0.25, 0.3) is 0 Å². The molecule has 1 amide bonds. The predicted octanol–water partition coefficient (Wildman–Crippen LogP) is 1.98. The Kier molecular flexibility index (Phi) is 10.3. The fourth-order valence-corrected chi connectivity index (χ4v) is 3.26. The number of carbonyl (C=O) groups excluding carboxylic acids is 2. The summed E-state index contributed by atoms with van der Waals surface area (Å²) in [6, 6.07) is 0. The van der Waals surface area contributed by atoms with E-state index in [1.165, 1.54) is 38.8 Å². The van der Waals surface area contributed by atoms with Crippen LogP contribution in [0, 0.1) is 17.8 Å². The number of nitrogens with one attached hydrogen (secondary N) is 2.